The van der Waals surface area contributed by atoms with Gasteiger partial charge in [-0.15, -0.1) is 0 Å². The SMILES string of the molecule is N#CC1=NC(c2ccccn2)=NC1=C=N. The summed E-state index contributed by atoms with van der Waals surface area (Å²) in [5, 5.41) is 15.7. The molecule has 0 aromatic carbocycles. The van der Waals surface area contributed by atoms with E-state index < -0.39 is 0 Å². The molecule has 0 saturated carbocycles. The molecular formula is C10H5N5. The Labute approximate surface area is 85.6 Å². The molecule has 0 unspecified atom stereocenters. The van der Waals surface area contributed by atoms with Gasteiger partial charge in [-0.05, 0) is 12.1 Å². The number of pyridine rings is 1. The lowest BCUT2D eigenvalue weighted by molar-refractivity contribution is 1.28. The quantitative estimate of drug-likeness (QED) is 0.676. The minimum Gasteiger partial charge on any atom is -0.257 e. The van der Waals surface area contributed by atoms with Crippen molar-refractivity contribution in [3.05, 3.63) is 35.8 Å². The molecule has 1 aromatic heterocycles. The van der Waals surface area contributed by atoms with Crippen molar-refractivity contribution in [2.75, 3.05) is 0 Å². The molecule has 15 heavy (non-hydrogen) atoms. The number of nitrogens with zero attached hydrogens (tertiary/aromatic N) is 4. The number of amidine groups is 1. The van der Waals surface area contributed by atoms with E-state index in [1.165, 1.54) is 0 Å². The monoisotopic (exact) mass is 195 g/mol. The minimum atomic E-state index is 0.102. The highest BCUT2D eigenvalue weighted by atomic mass is 15.0. The second kappa shape index (κ2) is 3.66. The molecule has 0 spiro atoms. The van der Waals surface area contributed by atoms with Gasteiger partial charge in [-0.1, -0.05) is 6.07 Å². The normalized spacial score (nSPS) is 13.9. The van der Waals surface area contributed by atoms with Crippen LogP contribution in [0.1, 0.15) is 5.69 Å². The van der Waals surface area contributed by atoms with Gasteiger partial charge in [0.1, 0.15) is 11.8 Å². The van der Waals surface area contributed by atoms with Gasteiger partial charge >= 0.3 is 0 Å². The molecule has 0 saturated heterocycles. The van der Waals surface area contributed by atoms with Crippen molar-refractivity contribution >= 4 is 17.4 Å². The zero-order valence-electron chi connectivity index (χ0n) is 7.60. The summed E-state index contributed by atoms with van der Waals surface area (Å²) in [6.45, 7) is 0. The zero-order chi connectivity index (χ0) is 10.7. The van der Waals surface area contributed by atoms with Gasteiger partial charge in [0, 0.05) is 12.1 Å². The summed E-state index contributed by atoms with van der Waals surface area (Å²) < 4.78 is 0. The maximum absolute atomic E-state index is 8.71. The van der Waals surface area contributed by atoms with Gasteiger partial charge in [0.15, 0.2) is 17.2 Å². The number of hydrogen-bond acceptors (Lipinski definition) is 5. The Bertz CT molecular complexity index is 541. The topological polar surface area (TPSA) is 85.2 Å². The molecule has 5 nitrogen and oxygen atoms in total. The van der Waals surface area contributed by atoms with Crippen molar-refractivity contribution in [2.24, 2.45) is 9.98 Å². The van der Waals surface area contributed by atoms with E-state index in [-0.39, 0.29) is 11.4 Å². The molecule has 0 fully saturated rings. The highest BCUT2D eigenvalue weighted by Crippen LogP contribution is 2.11. The smallest absolute Gasteiger partial charge is 0.180 e. The predicted molar refractivity (Wildman–Crippen MR) is 55.1 cm³/mol. The molecule has 0 amide bonds. The summed E-state index contributed by atoms with van der Waals surface area (Å²) in [5.74, 6) is 2.41. The van der Waals surface area contributed by atoms with Crippen molar-refractivity contribution in [1.82, 2.24) is 4.98 Å². The molecule has 2 rings (SSSR count). The number of nitriles is 1. The third kappa shape index (κ3) is 1.57. The van der Waals surface area contributed by atoms with E-state index in [0.29, 0.717) is 11.5 Å². The number of aliphatic imine (C=N–C) groups is 2. The van der Waals surface area contributed by atoms with Gasteiger partial charge < -0.3 is 0 Å². The van der Waals surface area contributed by atoms with E-state index in [9.17, 15) is 0 Å². The van der Waals surface area contributed by atoms with Crippen molar-refractivity contribution in [3.8, 4) is 6.07 Å². The van der Waals surface area contributed by atoms with Gasteiger partial charge in [-0.25, -0.2) is 9.98 Å². The van der Waals surface area contributed by atoms with Crippen LogP contribution in [0.4, 0.5) is 0 Å². The molecule has 0 bridgehead atoms. The first-order valence-electron chi connectivity index (χ1n) is 4.14. The number of rotatable bonds is 1. The van der Waals surface area contributed by atoms with Crippen LogP contribution in [0, 0.1) is 16.7 Å². The average Bonchev–Trinajstić information content (AvgIpc) is 2.73. The average molecular weight is 195 g/mol. The van der Waals surface area contributed by atoms with Crippen molar-refractivity contribution < 1.29 is 0 Å². The predicted octanol–water partition coefficient (Wildman–Crippen LogP) is 0.939. The third-order valence-corrected chi connectivity index (χ3v) is 1.78. The summed E-state index contributed by atoms with van der Waals surface area (Å²) in [6.07, 6.45) is 1.62. The molecule has 1 aliphatic heterocycles. The number of aromatic nitrogens is 1. The highest BCUT2D eigenvalue weighted by Gasteiger charge is 2.17. The number of hydrogen-bond donors (Lipinski definition) is 1. The first kappa shape index (κ1) is 9.00. The Balaban J connectivity index is 2.48. The lowest BCUT2D eigenvalue weighted by Gasteiger charge is -1.92. The first-order chi connectivity index (χ1) is 7.35. The molecule has 1 aromatic rings. The molecule has 0 radical (unpaired) electrons. The zero-order valence-corrected chi connectivity index (χ0v) is 7.60. The summed E-state index contributed by atoms with van der Waals surface area (Å²) in [4.78, 5) is 12.0. The lowest BCUT2D eigenvalue weighted by atomic mass is 10.3. The fraction of sp³-hybridized carbons (Fsp3) is 0. The fourth-order valence-corrected chi connectivity index (χ4v) is 1.12. The van der Waals surface area contributed by atoms with Crippen LogP contribution < -0.4 is 0 Å². The fourth-order valence-electron chi connectivity index (χ4n) is 1.12. The van der Waals surface area contributed by atoms with Crippen LogP contribution in [0.5, 0.6) is 0 Å². The van der Waals surface area contributed by atoms with Gasteiger partial charge in [-0.3, -0.25) is 10.4 Å². The number of nitrogens with one attached hydrogen (secondary N) is 1. The lowest BCUT2D eigenvalue weighted by Crippen LogP contribution is -1.97. The molecule has 70 valence electrons. The highest BCUT2D eigenvalue weighted by molar-refractivity contribution is 6.26. The molecule has 0 atom stereocenters. The second-order valence-corrected chi connectivity index (χ2v) is 2.70. The Hall–Kier alpha value is -2.57. The minimum absolute atomic E-state index is 0.102. The summed E-state index contributed by atoms with van der Waals surface area (Å²) in [5.41, 5.74) is 0.833. The summed E-state index contributed by atoms with van der Waals surface area (Å²) >= 11 is 0. The summed E-state index contributed by atoms with van der Waals surface area (Å²) in [7, 11) is 0. The van der Waals surface area contributed by atoms with Gasteiger partial charge in [0.2, 0.25) is 0 Å². The van der Waals surface area contributed by atoms with E-state index in [4.69, 9.17) is 10.7 Å². The Morgan fingerprint density at radius 1 is 1.27 bits per heavy atom. The Morgan fingerprint density at radius 2 is 2.13 bits per heavy atom. The largest absolute Gasteiger partial charge is 0.257 e. The standard InChI is InChI=1S/C10H5N5/c11-5-8-9(6-12)15-10(14-8)7-3-1-2-4-13-7/h1-4,11H. The van der Waals surface area contributed by atoms with E-state index in [1.807, 2.05) is 6.07 Å². The third-order valence-electron chi connectivity index (χ3n) is 1.78. The van der Waals surface area contributed by atoms with Crippen molar-refractivity contribution in [1.29, 1.82) is 10.7 Å². The molecular weight excluding hydrogens is 190 g/mol. The van der Waals surface area contributed by atoms with Crippen LogP contribution in [0.2, 0.25) is 0 Å². The first-order valence-corrected chi connectivity index (χ1v) is 4.14. The number of allylic oxidation sites excluding steroid dienone is 1. The Kier molecular flexibility index (Phi) is 2.20. The van der Waals surface area contributed by atoms with Crippen LogP contribution in [0.25, 0.3) is 0 Å². The van der Waals surface area contributed by atoms with Crippen molar-refractivity contribution in [2.45, 2.75) is 0 Å². The van der Waals surface area contributed by atoms with E-state index >= 15 is 0 Å². The van der Waals surface area contributed by atoms with Crippen LogP contribution in [0.15, 0.2) is 40.1 Å². The Morgan fingerprint density at radius 3 is 2.67 bits per heavy atom. The molecule has 5 heteroatoms. The van der Waals surface area contributed by atoms with Crippen LogP contribution >= 0.6 is 0 Å². The summed E-state index contributed by atoms with van der Waals surface area (Å²) in [6, 6.07) is 7.18. The van der Waals surface area contributed by atoms with Gasteiger partial charge in [0.05, 0.1) is 0 Å². The van der Waals surface area contributed by atoms with E-state index in [2.05, 4.69) is 20.8 Å². The van der Waals surface area contributed by atoms with Crippen LogP contribution in [0.3, 0.4) is 0 Å². The van der Waals surface area contributed by atoms with Gasteiger partial charge in [0.25, 0.3) is 0 Å². The second-order valence-electron chi connectivity index (χ2n) is 2.70. The van der Waals surface area contributed by atoms with Crippen LogP contribution in [-0.2, 0) is 0 Å². The van der Waals surface area contributed by atoms with E-state index in [1.54, 1.807) is 24.4 Å². The van der Waals surface area contributed by atoms with Gasteiger partial charge in [-0.2, -0.15) is 5.26 Å². The van der Waals surface area contributed by atoms with E-state index in [0.717, 1.165) is 0 Å². The van der Waals surface area contributed by atoms with Crippen LogP contribution in [-0.4, -0.2) is 22.4 Å². The molecule has 1 N–H and O–H groups in total. The maximum Gasteiger partial charge on any atom is 0.180 e. The van der Waals surface area contributed by atoms with Crippen molar-refractivity contribution in [3.63, 3.8) is 0 Å². The molecule has 2 heterocycles. The maximum atomic E-state index is 8.71. The molecule has 0 aliphatic carbocycles. The molecule has 1 aliphatic rings.